The van der Waals surface area contributed by atoms with E-state index in [1.807, 2.05) is 0 Å². The first-order valence-corrected chi connectivity index (χ1v) is 9.90. The van der Waals surface area contributed by atoms with E-state index >= 15 is 0 Å². The van der Waals surface area contributed by atoms with Gasteiger partial charge in [-0.1, -0.05) is 92.0 Å². The van der Waals surface area contributed by atoms with Crippen LogP contribution in [0.25, 0.3) is 0 Å². The Morgan fingerprint density at radius 2 is 1.58 bits per heavy atom. The summed E-state index contributed by atoms with van der Waals surface area (Å²) in [7, 11) is 2.30. The van der Waals surface area contributed by atoms with Crippen molar-refractivity contribution >= 4 is 5.71 Å². The first-order valence-electron chi connectivity index (χ1n) is 9.90. The molecule has 3 nitrogen and oxygen atoms in total. The number of piperidine rings is 1. The number of rotatable bonds is 6. The molecule has 0 aliphatic carbocycles. The summed E-state index contributed by atoms with van der Waals surface area (Å²) < 4.78 is 0. The number of hydrogen-bond acceptors (Lipinski definition) is 2. The van der Waals surface area contributed by atoms with Crippen molar-refractivity contribution in [2.75, 3.05) is 7.05 Å². The SMILES string of the molecule is CCCCC[C@@H]1/C(=N\O)C[C@@H](c2ccccc2)[NH+](C)[C@H]1c1ccccc1. The van der Waals surface area contributed by atoms with Crippen molar-refractivity contribution in [2.24, 2.45) is 11.1 Å². The lowest BCUT2D eigenvalue weighted by Crippen LogP contribution is -3.11. The molecule has 3 rings (SSSR count). The van der Waals surface area contributed by atoms with Gasteiger partial charge in [0, 0.05) is 17.5 Å². The van der Waals surface area contributed by atoms with E-state index in [9.17, 15) is 5.21 Å². The lowest BCUT2D eigenvalue weighted by atomic mass is 9.76. The highest BCUT2D eigenvalue weighted by Gasteiger charge is 2.44. The predicted molar refractivity (Wildman–Crippen MR) is 107 cm³/mol. The summed E-state index contributed by atoms with van der Waals surface area (Å²) in [6.45, 7) is 2.24. The van der Waals surface area contributed by atoms with Crippen LogP contribution in [0.15, 0.2) is 65.8 Å². The Hall–Kier alpha value is -2.13. The number of benzene rings is 2. The van der Waals surface area contributed by atoms with E-state index < -0.39 is 0 Å². The molecule has 0 aromatic heterocycles. The average molecular weight is 352 g/mol. The highest BCUT2D eigenvalue weighted by Crippen LogP contribution is 2.34. The van der Waals surface area contributed by atoms with Gasteiger partial charge in [0.1, 0.15) is 12.1 Å². The van der Waals surface area contributed by atoms with Gasteiger partial charge in [0.15, 0.2) is 0 Å². The van der Waals surface area contributed by atoms with Crippen molar-refractivity contribution in [1.29, 1.82) is 0 Å². The van der Waals surface area contributed by atoms with E-state index in [-0.39, 0.29) is 0 Å². The highest BCUT2D eigenvalue weighted by molar-refractivity contribution is 5.88. The number of nitrogens with zero attached hydrogens (tertiary/aromatic N) is 1. The minimum absolute atomic E-state index is 0.300. The van der Waals surface area contributed by atoms with Gasteiger partial charge in [0.2, 0.25) is 0 Å². The van der Waals surface area contributed by atoms with Gasteiger partial charge >= 0.3 is 0 Å². The molecule has 4 atom stereocenters. The van der Waals surface area contributed by atoms with E-state index in [1.54, 1.807) is 0 Å². The van der Waals surface area contributed by atoms with Gasteiger partial charge in [-0.25, -0.2) is 0 Å². The minimum Gasteiger partial charge on any atom is -0.411 e. The van der Waals surface area contributed by atoms with Gasteiger partial charge in [-0.15, -0.1) is 0 Å². The van der Waals surface area contributed by atoms with Crippen LogP contribution in [0.4, 0.5) is 0 Å². The third kappa shape index (κ3) is 3.99. The van der Waals surface area contributed by atoms with Crippen molar-refractivity contribution in [2.45, 2.75) is 51.1 Å². The Balaban J connectivity index is 1.97. The van der Waals surface area contributed by atoms with E-state index in [4.69, 9.17) is 0 Å². The fourth-order valence-electron chi connectivity index (χ4n) is 4.53. The fourth-order valence-corrected chi connectivity index (χ4v) is 4.53. The fraction of sp³-hybridized carbons (Fsp3) is 0.435. The number of nitrogens with one attached hydrogen (secondary N) is 1. The topological polar surface area (TPSA) is 37.0 Å². The summed E-state index contributed by atoms with van der Waals surface area (Å²) >= 11 is 0. The van der Waals surface area contributed by atoms with Crippen molar-refractivity contribution in [3.8, 4) is 0 Å². The smallest absolute Gasteiger partial charge is 0.122 e. The zero-order chi connectivity index (χ0) is 18.4. The Kier molecular flexibility index (Phi) is 6.45. The summed E-state index contributed by atoms with van der Waals surface area (Å²) in [5, 5.41) is 13.6. The van der Waals surface area contributed by atoms with Crippen LogP contribution >= 0.6 is 0 Å². The Morgan fingerprint density at radius 1 is 0.962 bits per heavy atom. The zero-order valence-corrected chi connectivity index (χ0v) is 15.9. The van der Waals surface area contributed by atoms with E-state index in [1.165, 1.54) is 35.3 Å². The maximum atomic E-state index is 9.81. The largest absolute Gasteiger partial charge is 0.411 e. The van der Waals surface area contributed by atoms with Crippen LogP contribution in [0.2, 0.25) is 0 Å². The zero-order valence-electron chi connectivity index (χ0n) is 15.9. The summed E-state index contributed by atoms with van der Waals surface area (Å²) in [6, 6.07) is 22.0. The molecule has 0 amide bonds. The molecule has 0 spiro atoms. The summed E-state index contributed by atoms with van der Waals surface area (Å²) in [4.78, 5) is 1.50. The third-order valence-electron chi connectivity index (χ3n) is 5.89. The summed E-state index contributed by atoms with van der Waals surface area (Å²) in [5.74, 6) is 0.300. The molecule has 26 heavy (non-hydrogen) atoms. The Bertz CT molecular complexity index is 699. The molecule has 2 aromatic carbocycles. The standard InChI is InChI=1S/C23H30N2O/c1-3-4-7-16-20-21(24-26)17-22(18-12-8-5-9-13-18)25(2)23(20)19-14-10-6-11-15-19/h5-6,8-15,20,22-23,26H,3-4,7,16-17H2,1-2H3/p+1/b24-21-/t20-,22+,23+/m1/s1. The second-order valence-electron chi connectivity index (χ2n) is 7.49. The Labute approximate surface area is 157 Å². The minimum atomic E-state index is 0.300. The van der Waals surface area contributed by atoms with E-state index in [0.29, 0.717) is 18.0 Å². The quantitative estimate of drug-likeness (QED) is 0.451. The first kappa shape index (κ1) is 18.7. The molecule has 1 heterocycles. The van der Waals surface area contributed by atoms with Gasteiger partial charge in [-0.2, -0.15) is 0 Å². The average Bonchev–Trinajstić information content (AvgIpc) is 2.70. The predicted octanol–water partition coefficient (Wildman–Crippen LogP) is 4.41. The number of unbranched alkanes of at least 4 members (excludes halogenated alkanes) is 2. The normalized spacial score (nSPS) is 27.5. The number of likely N-dealkylation sites (tertiary alicyclic amines) is 1. The molecule has 1 aliphatic heterocycles. The summed E-state index contributed by atoms with van der Waals surface area (Å²) in [5.41, 5.74) is 3.63. The lowest BCUT2D eigenvalue weighted by molar-refractivity contribution is -0.949. The third-order valence-corrected chi connectivity index (χ3v) is 5.89. The molecular weight excluding hydrogens is 320 g/mol. The molecule has 0 radical (unpaired) electrons. The summed E-state index contributed by atoms with van der Waals surface area (Å²) in [6.07, 6.45) is 5.55. The molecule has 1 fully saturated rings. The van der Waals surface area contributed by atoms with Crippen LogP contribution in [0.1, 0.15) is 62.2 Å². The van der Waals surface area contributed by atoms with Crippen molar-refractivity contribution in [3.05, 3.63) is 71.8 Å². The molecule has 1 saturated heterocycles. The second-order valence-corrected chi connectivity index (χ2v) is 7.49. The molecule has 1 aliphatic rings. The molecule has 138 valence electrons. The molecule has 1 unspecified atom stereocenters. The van der Waals surface area contributed by atoms with Crippen molar-refractivity contribution in [3.63, 3.8) is 0 Å². The molecule has 2 aromatic rings. The maximum absolute atomic E-state index is 9.81. The van der Waals surface area contributed by atoms with Gasteiger partial charge in [0.25, 0.3) is 0 Å². The van der Waals surface area contributed by atoms with Gasteiger partial charge in [-0.05, 0) is 6.42 Å². The molecule has 2 N–H and O–H groups in total. The van der Waals surface area contributed by atoms with Crippen molar-refractivity contribution < 1.29 is 10.1 Å². The van der Waals surface area contributed by atoms with E-state index in [0.717, 1.165) is 18.6 Å². The van der Waals surface area contributed by atoms with Crippen LogP contribution in [0, 0.1) is 5.92 Å². The van der Waals surface area contributed by atoms with Crippen LogP contribution < -0.4 is 4.90 Å². The molecule has 0 bridgehead atoms. The number of oxime groups is 1. The number of hydrogen-bond donors (Lipinski definition) is 2. The lowest BCUT2D eigenvalue weighted by Gasteiger charge is -2.42. The van der Waals surface area contributed by atoms with Crippen LogP contribution in [-0.4, -0.2) is 18.0 Å². The van der Waals surface area contributed by atoms with Crippen LogP contribution in [-0.2, 0) is 0 Å². The monoisotopic (exact) mass is 351 g/mol. The second kappa shape index (κ2) is 9.00. The molecule has 3 heteroatoms. The van der Waals surface area contributed by atoms with Crippen LogP contribution in [0.3, 0.4) is 0 Å². The molecular formula is C23H31N2O+. The maximum Gasteiger partial charge on any atom is 0.122 e. The first-order chi connectivity index (χ1) is 12.8. The van der Waals surface area contributed by atoms with Gasteiger partial charge in [-0.3, -0.25) is 0 Å². The van der Waals surface area contributed by atoms with Crippen LogP contribution in [0.5, 0.6) is 0 Å². The van der Waals surface area contributed by atoms with E-state index in [2.05, 4.69) is 79.8 Å². The molecule has 0 saturated carbocycles. The van der Waals surface area contributed by atoms with Gasteiger partial charge in [0.05, 0.1) is 18.7 Å². The van der Waals surface area contributed by atoms with Crippen molar-refractivity contribution in [1.82, 2.24) is 0 Å². The number of quaternary nitrogens is 1. The highest BCUT2D eigenvalue weighted by atomic mass is 16.4. The Morgan fingerprint density at radius 3 is 2.15 bits per heavy atom. The van der Waals surface area contributed by atoms with Gasteiger partial charge < -0.3 is 10.1 Å².